The third kappa shape index (κ3) is 2.60. The highest BCUT2D eigenvalue weighted by Crippen LogP contribution is 2.39. The SMILES string of the molecule is Cc1ccc(O)c(C(=O)N2CCC(C(=O)O)(C(C)C)C2)c1. The fraction of sp³-hybridized carbons (Fsp3) is 0.500. The summed E-state index contributed by atoms with van der Waals surface area (Å²) in [5.41, 5.74) is 0.221. The van der Waals surface area contributed by atoms with E-state index in [1.54, 1.807) is 12.1 Å². The van der Waals surface area contributed by atoms with Crippen LogP contribution in [0.5, 0.6) is 5.75 Å². The van der Waals surface area contributed by atoms with Crippen LogP contribution in [0, 0.1) is 18.3 Å². The van der Waals surface area contributed by atoms with Crippen molar-refractivity contribution in [2.24, 2.45) is 11.3 Å². The van der Waals surface area contributed by atoms with E-state index < -0.39 is 11.4 Å². The fourth-order valence-corrected chi connectivity index (χ4v) is 2.89. The maximum absolute atomic E-state index is 12.5. The topological polar surface area (TPSA) is 77.8 Å². The van der Waals surface area contributed by atoms with Crippen LogP contribution in [-0.4, -0.2) is 40.1 Å². The van der Waals surface area contributed by atoms with Crippen molar-refractivity contribution in [3.8, 4) is 5.75 Å². The van der Waals surface area contributed by atoms with Crippen molar-refractivity contribution < 1.29 is 19.8 Å². The largest absolute Gasteiger partial charge is 0.507 e. The van der Waals surface area contributed by atoms with Crippen molar-refractivity contribution in [1.82, 2.24) is 4.90 Å². The molecule has 1 saturated heterocycles. The molecule has 2 N–H and O–H groups in total. The molecule has 1 heterocycles. The Labute approximate surface area is 124 Å². The first-order chi connectivity index (χ1) is 9.78. The minimum Gasteiger partial charge on any atom is -0.507 e. The Kier molecular flexibility index (Phi) is 3.94. The number of benzene rings is 1. The summed E-state index contributed by atoms with van der Waals surface area (Å²) in [4.78, 5) is 25.7. The molecule has 114 valence electrons. The summed E-state index contributed by atoms with van der Waals surface area (Å²) in [6.45, 7) is 6.16. The van der Waals surface area contributed by atoms with Crippen LogP contribution in [0.3, 0.4) is 0 Å². The Morgan fingerprint density at radius 3 is 2.52 bits per heavy atom. The monoisotopic (exact) mass is 291 g/mol. The number of rotatable bonds is 3. The summed E-state index contributed by atoms with van der Waals surface area (Å²) in [7, 11) is 0. The van der Waals surface area contributed by atoms with Crippen LogP contribution >= 0.6 is 0 Å². The third-order valence-corrected chi connectivity index (χ3v) is 4.50. The summed E-state index contributed by atoms with van der Waals surface area (Å²) in [5.74, 6) is -1.29. The highest BCUT2D eigenvalue weighted by Gasteiger charge is 2.48. The molecule has 1 aromatic rings. The average molecular weight is 291 g/mol. The molecule has 1 unspecified atom stereocenters. The van der Waals surface area contributed by atoms with Crippen molar-refractivity contribution in [1.29, 1.82) is 0 Å². The molecule has 0 radical (unpaired) electrons. The molecule has 2 rings (SSSR count). The van der Waals surface area contributed by atoms with Gasteiger partial charge in [0.1, 0.15) is 5.75 Å². The molecule has 21 heavy (non-hydrogen) atoms. The van der Waals surface area contributed by atoms with Crippen molar-refractivity contribution in [3.05, 3.63) is 29.3 Å². The van der Waals surface area contributed by atoms with Crippen LogP contribution in [0.1, 0.15) is 36.2 Å². The Morgan fingerprint density at radius 2 is 2.00 bits per heavy atom. The minimum atomic E-state index is -0.894. The lowest BCUT2D eigenvalue weighted by Crippen LogP contribution is -2.40. The predicted octanol–water partition coefficient (Wildman–Crippen LogP) is 2.27. The van der Waals surface area contributed by atoms with Gasteiger partial charge >= 0.3 is 5.97 Å². The van der Waals surface area contributed by atoms with E-state index in [-0.39, 0.29) is 29.7 Å². The molecular weight excluding hydrogens is 270 g/mol. The predicted molar refractivity (Wildman–Crippen MR) is 78.3 cm³/mol. The van der Waals surface area contributed by atoms with Gasteiger partial charge in [-0.1, -0.05) is 25.5 Å². The van der Waals surface area contributed by atoms with Gasteiger partial charge in [-0.3, -0.25) is 9.59 Å². The van der Waals surface area contributed by atoms with Gasteiger partial charge in [-0.25, -0.2) is 0 Å². The standard InChI is InChI=1S/C16H21NO4/c1-10(2)16(15(20)21)6-7-17(9-16)14(19)12-8-11(3)4-5-13(12)18/h4-5,8,10,18H,6-7,9H2,1-3H3,(H,20,21). The third-order valence-electron chi connectivity index (χ3n) is 4.50. The van der Waals surface area contributed by atoms with Crippen LogP contribution in [0.4, 0.5) is 0 Å². The molecule has 1 amide bonds. The summed E-state index contributed by atoms with van der Waals surface area (Å²) >= 11 is 0. The maximum Gasteiger partial charge on any atom is 0.311 e. The zero-order chi connectivity index (χ0) is 15.8. The first kappa shape index (κ1) is 15.4. The normalized spacial score (nSPS) is 21.8. The molecule has 0 aromatic heterocycles. The second-order valence-electron chi connectivity index (χ2n) is 6.11. The lowest BCUT2D eigenvalue weighted by atomic mass is 9.76. The van der Waals surface area contributed by atoms with Gasteiger partial charge in [0.05, 0.1) is 11.0 Å². The number of likely N-dealkylation sites (tertiary alicyclic amines) is 1. The second kappa shape index (κ2) is 5.39. The molecule has 1 atom stereocenters. The van der Waals surface area contributed by atoms with E-state index in [0.29, 0.717) is 13.0 Å². The lowest BCUT2D eigenvalue weighted by Gasteiger charge is -2.28. The zero-order valence-corrected chi connectivity index (χ0v) is 12.6. The Morgan fingerprint density at radius 1 is 1.33 bits per heavy atom. The molecule has 0 saturated carbocycles. The van der Waals surface area contributed by atoms with Gasteiger partial charge in [-0.2, -0.15) is 0 Å². The number of aliphatic carboxylic acids is 1. The molecule has 1 aliphatic heterocycles. The number of carbonyl (C=O) groups excluding carboxylic acids is 1. The Bertz CT molecular complexity index is 582. The van der Waals surface area contributed by atoms with Crippen molar-refractivity contribution in [2.75, 3.05) is 13.1 Å². The number of aromatic hydroxyl groups is 1. The molecule has 0 aliphatic carbocycles. The van der Waals surface area contributed by atoms with Gasteiger partial charge in [0.15, 0.2) is 0 Å². The molecule has 0 bridgehead atoms. The van der Waals surface area contributed by atoms with Crippen LogP contribution < -0.4 is 0 Å². The van der Waals surface area contributed by atoms with Gasteiger partial charge in [0, 0.05) is 13.1 Å². The number of carbonyl (C=O) groups is 2. The van der Waals surface area contributed by atoms with Gasteiger partial charge < -0.3 is 15.1 Å². The van der Waals surface area contributed by atoms with Crippen molar-refractivity contribution in [3.63, 3.8) is 0 Å². The summed E-state index contributed by atoms with van der Waals surface area (Å²) in [6.07, 6.45) is 0.443. The van der Waals surface area contributed by atoms with Crippen LogP contribution in [0.2, 0.25) is 0 Å². The van der Waals surface area contributed by atoms with E-state index in [0.717, 1.165) is 5.56 Å². The van der Waals surface area contributed by atoms with Crippen LogP contribution in [-0.2, 0) is 4.79 Å². The van der Waals surface area contributed by atoms with E-state index in [9.17, 15) is 19.8 Å². The maximum atomic E-state index is 12.5. The number of aryl methyl sites for hydroxylation is 1. The van der Waals surface area contributed by atoms with E-state index in [2.05, 4.69) is 0 Å². The first-order valence-electron chi connectivity index (χ1n) is 7.10. The van der Waals surface area contributed by atoms with Gasteiger partial charge in [0.2, 0.25) is 0 Å². The first-order valence-corrected chi connectivity index (χ1v) is 7.10. The van der Waals surface area contributed by atoms with E-state index >= 15 is 0 Å². The minimum absolute atomic E-state index is 0.0566. The van der Waals surface area contributed by atoms with Crippen LogP contribution in [0.15, 0.2) is 18.2 Å². The van der Waals surface area contributed by atoms with E-state index in [4.69, 9.17) is 0 Å². The smallest absolute Gasteiger partial charge is 0.311 e. The molecule has 1 aliphatic rings. The molecule has 1 aromatic carbocycles. The quantitative estimate of drug-likeness (QED) is 0.895. The van der Waals surface area contributed by atoms with Crippen molar-refractivity contribution in [2.45, 2.75) is 27.2 Å². The molecule has 5 heteroatoms. The number of hydrogen-bond acceptors (Lipinski definition) is 3. The van der Waals surface area contributed by atoms with Crippen LogP contribution in [0.25, 0.3) is 0 Å². The van der Waals surface area contributed by atoms with Gasteiger partial charge in [0.25, 0.3) is 5.91 Å². The summed E-state index contributed by atoms with van der Waals surface area (Å²) in [5, 5.41) is 19.4. The summed E-state index contributed by atoms with van der Waals surface area (Å²) in [6, 6.07) is 4.85. The molecule has 1 fully saturated rings. The zero-order valence-electron chi connectivity index (χ0n) is 12.6. The number of nitrogens with zero attached hydrogens (tertiary/aromatic N) is 1. The second-order valence-corrected chi connectivity index (χ2v) is 6.11. The highest BCUT2D eigenvalue weighted by molar-refractivity contribution is 5.97. The molecular formula is C16H21NO4. The Balaban J connectivity index is 2.27. The van der Waals surface area contributed by atoms with Gasteiger partial charge in [-0.05, 0) is 31.4 Å². The number of phenolic OH excluding ortho intramolecular Hbond substituents is 1. The number of phenols is 1. The number of hydrogen-bond donors (Lipinski definition) is 2. The fourth-order valence-electron chi connectivity index (χ4n) is 2.89. The highest BCUT2D eigenvalue weighted by atomic mass is 16.4. The average Bonchev–Trinajstić information content (AvgIpc) is 2.87. The van der Waals surface area contributed by atoms with Gasteiger partial charge in [-0.15, -0.1) is 0 Å². The molecule has 5 nitrogen and oxygen atoms in total. The number of carboxylic acids is 1. The Hall–Kier alpha value is -2.04. The van der Waals surface area contributed by atoms with E-state index in [1.165, 1.54) is 11.0 Å². The summed E-state index contributed by atoms with van der Waals surface area (Å²) < 4.78 is 0. The molecule has 0 spiro atoms. The van der Waals surface area contributed by atoms with E-state index in [1.807, 2.05) is 20.8 Å². The van der Waals surface area contributed by atoms with Crippen molar-refractivity contribution >= 4 is 11.9 Å². The lowest BCUT2D eigenvalue weighted by molar-refractivity contribution is -0.150. The number of amides is 1. The number of carboxylic acid groups (broad SMARTS) is 1.